The van der Waals surface area contributed by atoms with Crippen LogP contribution in [0.4, 0.5) is 0 Å². The number of hydrogen-bond acceptors (Lipinski definition) is 3. The summed E-state index contributed by atoms with van der Waals surface area (Å²) in [6, 6.07) is 0. The molecule has 0 rings (SSSR count). The van der Waals surface area contributed by atoms with Gasteiger partial charge in [0.25, 0.3) is 0 Å². The summed E-state index contributed by atoms with van der Waals surface area (Å²) >= 11 is 1.63. The molecule has 0 saturated heterocycles. The van der Waals surface area contributed by atoms with Crippen molar-refractivity contribution in [2.24, 2.45) is 0 Å². The van der Waals surface area contributed by atoms with E-state index in [0.717, 1.165) is 5.76 Å². The molecule has 0 aromatic heterocycles. The SMILES string of the molecule is C/C=C/C(=C\SC)OCCOC. The first-order valence-electron chi connectivity index (χ1n) is 3.82. The molecule has 0 radical (unpaired) electrons. The Morgan fingerprint density at radius 1 is 1.42 bits per heavy atom. The molecule has 0 saturated carbocycles. The zero-order valence-corrected chi connectivity index (χ0v) is 8.69. The van der Waals surface area contributed by atoms with Gasteiger partial charge in [0, 0.05) is 12.5 Å². The summed E-state index contributed by atoms with van der Waals surface area (Å²) in [4.78, 5) is 0. The maximum atomic E-state index is 5.39. The van der Waals surface area contributed by atoms with Crippen LogP contribution in [-0.4, -0.2) is 26.6 Å². The number of ether oxygens (including phenoxy) is 2. The molecule has 12 heavy (non-hydrogen) atoms. The standard InChI is InChI=1S/C9H16O2S/c1-4-5-9(8-12-3)11-7-6-10-2/h4-5,8H,6-7H2,1-3H3/b5-4+,9-8+. The summed E-state index contributed by atoms with van der Waals surface area (Å²) in [5.41, 5.74) is 0. The van der Waals surface area contributed by atoms with E-state index in [4.69, 9.17) is 9.47 Å². The Hall–Kier alpha value is -0.410. The minimum absolute atomic E-state index is 0.604. The molecule has 0 amide bonds. The summed E-state index contributed by atoms with van der Waals surface area (Å²) in [6.07, 6.45) is 5.89. The van der Waals surface area contributed by atoms with E-state index in [1.165, 1.54) is 0 Å². The van der Waals surface area contributed by atoms with E-state index in [0.29, 0.717) is 13.2 Å². The van der Waals surface area contributed by atoms with Crippen molar-refractivity contribution >= 4 is 11.8 Å². The van der Waals surface area contributed by atoms with Gasteiger partial charge in [-0.2, -0.15) is 0 Å². The van der Waals surface area contributed by atoms with Crippen LogP contribution in [0, 0.1) is 0 Å². The van der Waals surface area contributed by atoms with Gasteiger partial charge >= 0.3 is 0 Å². The molecule has 3 heteroatoms. The minimum atomic E-state index is 0.604. The number of methoxy groups -OCH3 is 1. The van der Waals surface area contributed by atoms with E-state index in [2.05, 4.69) is 0 Å². The van der Waals surface area contributed by atoms with Crippen LogP contribution in [0.3, 0.4) is 0 Å². The van der Waals surface area contributed by atoms with E-state index in [-0.39, 0.29) is 0 Å². The predicted octanol–water partition coefficient (Wildman–Crippen LogP) is 2.43. The van der Waals surface area contributed by atoms with Gasteiger partial charge in [-0.1, -0.05) is 6.08 Å². The van der Waals surface area contributed by atoms with Crippen molar-refractivity contribution in [3.8, 4) is 0 Å². The van der Waals surface area contributed by atoms with Crippen LogP contribution in [0.1, 0.15) is 6.92 Å². The Morgan fingerprint density at radius 3 is 2.67 bits per heavy atom. The molecule has 0 unspecified atom stereocenters. The van der Waals surface area contributed by atoms with Gasteiger partial charge in [-0.25, -0.2) is 0 Å². The topological polar surface area (TPSA) is 18.5 Å². The first-order chi connectivity index (χ1) is 5.85. The number of thioether (sulfide) groups is 1. The largest absolute Gasteiger partial charge is 0.491 e. The highest BCUT2D eigenvalue weighted by molar-refractivity contribution is 8.01. The lowest BCUT2D eigenvalue weighted by Gasteiger charge is -2.04. The van der Waals surface area contributed by atoms with Crippen LogP contribution < -0.4 is 0 Å². The van der Waals surface area contributed by atoms with Gasteiger partial charge in [0.1, 0.15) is 12.4 Å². The molecular formula is C9H16O2S. The molecule has 0 spiro atoms. The first kappa shape index (κ1) is 11.6. The van der Waals surface area contributed by atoms with Gasteiger partial charge in [-0.3, -0.25) is 0 Å². The van der Waals surface area contributed by atoms with Crippen molar-refractivity contribution < 1.29 is 9.47 Å². The lowest BCUT2D eigenvalue weighted by atomic mass is 10.5. The molecule has 70 valence electrons. The summed E-state index contributed by atoms with van der Waals surface area (Å²) in [5.74, 6) is 0.891. The highest BCUT2D eigenvalue weighted by atomic mass is 32.2. The second-order valence-electron chi connectivity index (χ2n) is 2.10. The third kappa shape index (κ3) is 6.31. The van der Waals surface area contributed by atoms with Crippen molar-refractivity contribution in [3.05, 3.63) is 23.3 Å². The highest BCUT2D eigenvalue weighted by Crippen LogP contribution is 2.06. The Balaban J connectivity index is 3.72. The Morgan fingerprint density at radius 2 is 2.17 bits per heavy atom. The van der Waals surface area contributed by atoms with Gasteiger partial charge in [-0.05, 0) is 19.3 Å². The minimum Gasteiger partial charge on any atom is -0.491 e. The molecule has 0 aromatic carbocycles. The molecule has 0 bridgehead atoms. The number of rotatable bonds is 6. The number of allylic oxidation sites excluding steroid dienone is 2. The van der Waals surface area contributed by atoms with Crippen LogP contribution in [0.15, 0.2) is 23.3 Å². The molecule has 0 aliphatic heterocycles. The van der Waals surface area contributed by atoms with Crippen LogP contribution in [0.2, 0.25) is 0 Å². The van der Waals surface area contributed by atoms with Crippen molar-refractivity contribution in [3.63, 3.8) is 0 Å². The molecule has 0 aliphatic carbocycles. The normalized spacial score (nSPS) is 12.4. The quantitative estimate of drug-likeness (QED) is 0.362. The average molecular weight is 188 g/mol. The van der Waals surface area contributed by atoms with E-state index >= 15 is 0 Å². The van der Waals surface area contributed by atoms with E-state index in [1.807, 2.05) is 30.7 Å². The third-order valence-corrected chi connectivity index (χ3v) is 1.59. The molecule has 0 aliphatic rings. The first-order valence-corrected chi connectivity index (χ1v) is 5.11. The summed E-state index contributed by atoms with van der Waals surface area (Å²) in [5, 5.41) is 1.97. The molecule has 0 fully saturated rings. The van der Waals surface area contributed by atoms with Crippen molar-refractivity contribution in [2.45, 2.75) is 6.92 Å². The fraction of sp³-hybridized carbons (Fsp3) is 0.556. The molecule has 0 aromatic rings. The maximum absolute atomic E-state index is 5.39. The fourth-order valence-corrected chi connectivity index (χ4v) is 1.02. The fourth-order valence-electron chi connectivity index (χ4n) is 0.645. The van der Waals surface area contributed by atoms with Crippen molar-refractivity contribution in [1.82, 2.24) is 0 Å². The molecular weight excluding hydrogens is 172 g/mol. The van der Waals surface area contributed by atoms with Gasteiger partial charge < -0.3 is 9.47 Å². The third-order valence-electron chi connectivity index (χ3n) is 1.12. The van der Waals surface area contributed by atoms with Crippen LogP contribution in [-0.2, 0) is 9.47 Å². The lowest BCUT2D eigenvalue weighted by molar-refractivity contribution is 0.115. The molecule has 0 heterocycles. The Labute approximate surface area is 78.6 Å². The predicted molar refractivity (Wildman–Crippen MR) is 54.2 cm³/mol. The van der Waals surface area contributed by atoms with E-state index in [9.17, 15) is 0 Å². The molecule has 2 nitrogen and oxygen atoms in total. The average Bonchev–Trinajstić information content (AvgIpc) is 2.06. The Bertz CT molecular complexity index is 153. The van der Waals surface area contributed by atoms with Gasteiger partial charge in [-0.15, -0.1) is 11.8 Å². The van der Waals surface area contributed by atoms with Crippen LogP contribution in [0.5, 0.6) is 0 Å². The maximum Gasteiger partial charge on any atom is 0.125 e. The van der Waals surface area contributed by atoms with Gasteiger partial charge in [0.05, 0.1) is 6.61 Å². The zero-order chi connectivity index (χ0) is 9.23. The zero-order valence-electron chi connectivity index (χ0n) is 7.87. The Kier molecular flexibility index (Phi) is 8.39. The monoisotopic (exact) mass is 188 g/mol. The van der Waals surface area contributed by atoms with E-state index in [1.54, 1.807) is 18.9 Å². The molecule has 0 atom stereocenters. The van der Waals surface area contributed by atoms with Crippen LogP contribution in [0.25, 0.3) is 0 Å². The number of hydrogen-bond donors (Lipinski definition) is 0. The van der Waals surface area contributed by atoms with Gasteiger partial charge in [0.2, 0.25) is 0 Å². The second-order valence-corrected chi connectivity index (χ2v) is 2.80. The van der Waals surface area contributed by atoms with E-state index < -0.39 is 0 Å². The van der Waals surface area contributed by atoms with Crippen molar-refractivity contribution in [2.75, 3.05) is 26.6 Å². The second kappa shape index (κ2) is 8.68. The van der Waals surface area contributed by atoms with Crippen LogP contribution >= 0.6 is 11.8 Å². The smallest absolute Gasteiger partial charge is 0.125 e. The lowest BCUT2D eigenvalue weighted by Crippen LogP contribution is -2.00. The summed E-state index contributed by atoms with van der Waals surface area (Å²) in [7, 11) is 1.66. The summed E-state index contributed by atoms with van der Waals surface area (Å²) in [6.45, 7) is 3.20. The summed E-state index contributed by atoms with van der Waals surface area (Å²) < 4.78 is 10.3. The molecule has 0 N–H and O–H groups in total. The van der Waals surface area contributed by atoms with Crippen molar-refractivity contribution in [1.29, 1.82) is 0 Å². The van der Waals surface area contributed by atoms with Gasteiger partial charge in [0.15, 0.2) is 0 Å². The highest BCUT2D eigenvalue weighted by Gasteiger charge is 1.90.